The van der Waals surface area contributed by atoms with Crippen molar-refractivity contribution >= 4 is 45.2 Å². The molecule has 0 aliphatic heterocycles. The molecule has 1 amide bonds. The highest BCUT2D eigenvalue weighted by Crippen LogP contribution is 2.18. The van der Waals surface area contributed by atoms with Crippen LogP contribution in [0.25, 0.3) is 6.08 Å². The van der Waals surface area contributed by atoms with E-state index in [1.807, 2.05) is 6.07 Å². The molecule has 0 bridgehead atoms. The van der Waals surface area contributed by atoms with Crippen molar-refractivity contribution in [1.82, 2.24) is 9.97 Å². The van der Waals surface area contributed by atoms with Crippen molar-refractivity contribution in [2.45, 2.75) is 4.90 Å². The normalized spacial score (nSPS) is 11.3. The van der Waals surface area contributed by atoms with Gasteiger partial charge in [-0.3, -0.25) is 4.79 Å². The largest absolute Gasteiger partial charge is 0.323 e. The van der Waals surface area contributed by atoms with Crippen LogP contribution >= 0.6 is 11.6 Å². The van der Waals surface area contributed by atoms with Crippen molar-refractivity contribution in [3.05, 3.63) is 83.7 Å². The highest BCUT2D eigenvalue weighted by molar-refractivity contribution is 7.92. The van der Waals surface area contributed by atoms with Gasteiger partial charge in [-0.2, -0.15) is 0 Å². The first-order valence-corrected chi connectivity index (χ1v) is 9.94. The summed E-state index contributed by atoms with van der Waals surface area (Å²) in [5, 5.41) is 3.19. The number of aromatic nitrogens is 2. The molecule has 0 radical (unpaired) electrons. The number of carbonyl (C=O) groups is 1. The summed E-state index contributed by atoms with van der Waals surface area (Å²) >= 11 is 6.03. The van der Waals surface area contributed by atoms with Gasteiger partial charge in [-0.05, 0) is 48.0 Å². The van der Waals surface area contributed by atoms with Crippen LogP contribution in [-0.4, -0.2) is 24.3 Å². The SMILES string of the molecule is O=C(/C=C/c1ccccc1Cl)Nc1ccc(S(=O)(=O)Nc2ncccn2)cc1. The van der Waals surface area contributed by atoms with E-state index in [1.54, 1.807) is 30.3 Å². The fourth-order valence-electron chi connectivity index (χ4n) is 2.21. The van der Waals surface area contributed by atoms with Gasteiger partial charge in [-0.15, -0.1) is 0 Å². The summed E-state index contributed by atoms with van der Waals surface area (Å²) in [6.45, 7) is 0. The minimum Gasteiger partial charge on any atom is -0.323 e. The molecule has 0 aliphatic rings. The highest BCUT2D eigenvalue weighted by Gasteiger charge is 2.15. The van der Waals surface area contributed by atoms with Crippen molar-refractivity contribution in [1.29, 1.82) is 0 Å². The van der Waals surface area contributed by atoms with Crippen LogP contribution in [0.1, 0.15) is 5.56 Å². The Labute approximate surface area is 167 Å². The number of hydrogen-bond donors (Lipinski definition) is 2. The first-order valence-electron chi connectivity index (χ1n) is 8.07. The molecule has 0 saturated heterocycles. The van der Waals surface area contributed by atoms with Crippen LogP contribution in [0, 0.1) is 0 Å². The molecule has 28 heavy (non-hydrogen) atoms. The third-order valence-electron chi connectivity index (χ3n) is 3.54. The Hall–Kier alpha value is -3.23. The second-order valence-corrected chi connectivity index (χ2v) is 7.64. The summed E-state index contributed by atoms with van der Waals surface area (Å²) in [5.41, 5.74) is 1.17. The Bertz CT molecular complexity index is 1100. The molecular weight excluding hydrogens is 400 g/mol. The number of benzene rings is 2. The molecule has 2 N–H and O–H groups in total. The number of carbonyl (C=O) groups excluding carboxylic acids is 1. The summed E-state index contributed by atoms with van der Waals surface area (Å²) in [6.07, 6.45) is 5.81. The molecule has 1 aromatic heterocycles. The maximum Gasteiger partial charge on any atom is 0.264 e. The fraction of sp³-hybridized carbons (Fsp3) is 0. The number of rotatable bonds is 6. The van der Waals surface area contributed by atoms with E-state index >= 15 is 0 Å². The maximum atomic E-state index is 12.3. The van der Waals surface area contributed by atoms with Gasteiger partial charge in [0.1, 0.15) is 0 Å². The van der Waals surface area contributed by atoms with Crippen LogP contribution in [0.3, 0.4) is 0 Å². The number of nitrogens with one attached hydrogen (secondary N) is 2. The second kappa shape index (κ2) is 8.64. The Balaban J connectivity index is 1.65. The van der Waals surface area contributed by atoms with Gasteiger partial charge in [0.2, 0.25) is 11.9 Å². The van der Waals surface area contributed by atoms with E-state index in [4.69, 9.17) is 11.6 Å². The van der Waals surface area contributed by atoms with Crippen molar-refractivity contribution < 1.29 is 13.2 Å². The summed E-state index contributed by atoms with van der Waals surface area (Å²) in [6, 6.07) is 14.4. The third kappa shape index (κ3) is 5.15. The Morgan fingerprint density at radius 3 is 2.32 bits per heavy atom. The molecule has 3 rings (SSSR count). The van der Waals surface area contributed by atoms with E-state index < -0.39 is 10.0 Å². The smallest absolute Gasteiger partial charge is 0.264 e. The lowest BCUT2D eigenvalue weighted by Gasteiger charge is -2.07. The molecule has 7 nitrogen and oxygen atoms in total. The molecule has 0 aliphatic carbocycles. The van der Waals surface area contributed by atoms with Crippen LogP contribution in [0.2, 0.25) is 5.02 Å². The number of hydrogen-bond acceptors (Lipinski definition) is 5. The molecule has 0 atom stereocenters. The predicted octanol–water partition coefficient (Wildman–Crippen LogP) is 3.58. The Morgan fingerprint density at radius 2 is 1.64 bits per heavy atom. The maximum absolute atomic E-state index is 12.3. The molecule has 2 aromatic carbocycles. The van der Waals surface area contributed by atoms with Crippen molar-refractivity contribution in [2.24, 2.45) is 0 Å². The Morgan fingerprint density at radius 1 is 0.964 bits per heavy atom. The van der Waals surface area contributed by atoms with Gasteiger partial charge in [0.15, 0.2) is 0 Å². The highest BCUT2D eigenvalue weighted by atomic mass is 35.5. The number of nitrogens with zero attached hydrogens (tertiary/aromatic N) is 2. The molecule has 0 spiro atoms. The van der Waals surface area contributed by atoms with E-state index in [0.717, 1.165) is 5.56 Å². The van der Waals surface area contributed by atoms with Crippen LogP contribution in [0.5, 0.6) is 0 Å². The van der Waals surface area contributed by atoms with Gasteiger partial charge in [-0.1, -0.05) is 29.8 Å². The lowest BCUT2D eigenvalue weighted by molar-refractivity contribution is -0.111. The number of amides is 1. The fourth-order valence-corrected chi connectivity index (χ4v) is 3.36. The summed E-state index contributed by atoms with van der Waals surface area (Å²) < 4.78 is 26.9. The van der Waals surface area contributed by atoms with Gasteiger partial charge in [0, 0.05) is 29.2 Å². The molecule has 9 heteroatoms. The summed E-state index contributed by atoms with van der Waals surface area (Å²) in [4.78, 5) is 19.7. The van der Waals surface area contributed by atoms with Gasteiger partial charge in [-0.25, -0.2) is 23.1 Å². The van der Waals surface area contributed by atoms with Gasteiger partial charge >= 0.3 is 0 Å². The van der Waals surface area contributed by atoms with Gasteiger partial charge in [0.25, 0.3) is 10.0 Å². The van der Waals surface area contributed by atoms with E-state index in [0.29, 0.717) is 10.7 Å². The standard InChI is InChI=1S/C19H15ClN4O3S/c20-17-5-2-1-4-14(17)6-11-18(25)23-15-7-9-16(10-8-15)28(26,27)24-19-21-12-3-13-22-19/h1-13H,(H,23,25)(H,21,22,24)/b11-6+. The molecule has 0 fully saturated rings. The van der Waals surface area contributed by atoms with Gasteiger partial charge in [0.05, 0.1) is 4.90 Å². The molecule has 1 heterocycles. The van der Waals surface area contributed by atoms with Crippen LogP contribution in [0.4, 0.5) is 11.6 Å². The quantitative estimate of drug-likeness (QED) is 0.600. The van der Waals surface area contributed by atoms with Crippen molar-refractivity contribution in [3.63, 3.8) is 0 Å². The molecular formula is C19H15ClN4O3S. The topological polar surface area (TPSA) is 101 Å². The lowest BCUT2D eigenvalue weighted by atomic mass is 10.2. The summed E-state index contributed by atoms with van der Waals surface area (Å²) in [5.74, 6) is -0.393. The number of sulfonamides is 1. The zero-order valence-electron chi connectivity index (χ0n) is 14.4. The number of anilines is 2. The van der Waals surface area contributed by atoms with E-state index in [-0.39, 0.29) is 16.8 Å². The zero-order valence-corrected chi connectivity index (χ0v) is 16.0. The van der Waals surface area contributed by atoms with Crippen molar-refractivity contribution in [3.8, 4) is 0 Å². The van der Waals surface area contributed by atoms with E-state index in [9.17, 15) is 13.2 Å². The average molecular weight is 415 g/mol. The van der Waals surface area contributed by atoms with Crippen molar-refractivity contribution in [2.75, 3.05) is 10.0 Å². The first-order chi connectivity index (χ1) is 13.4. The number of halogens is 1. The second-order valence-electron chi connectivity index (χ2n) is 5.55. The van der Waals surface area contributed by atoms with Crippen LogP contribution < -0.4 is 10.0 Å². The first kappa shape index (κ1) is 19.5. The third-order valence-corrected chi connectivity index (χ3v) is 5.23. The van der Waals surface area contributed by atoms with E-state index in [1.165, 1.54) is 42.7 Å². The van der Waals surface area contributed by atoms with Crippen LogP contribution in [0.15, 0.2) is 78.0 Å². The lowest BCUT2D eigenvalue weighted by Crippen LogP contribution is -2.15. The van der Waals surface area contributed by atoms with Crippen LogP contribution in [-0.2, 0) is 14.8 Å². The monoisotopic (exact) mass is 414 g/mol. The van der Waals surface area contributed by atoms with E-state index in [2.05, 4.69) is 20.0 Å². The zero-order chi connectivity index (χ0) is 20.0. The molecule has 0 unspecified atom stereocenters. The predicted molar refractivity (Wildman–Crippen MR) is 108 cm³/mol. The Kier molecular flexibility index (Phi) is 6.03. The summed E-state index contributed by atoms with van der Waals surface area (Å²) in [7, 11) is -3.83. The molecule has 0 saturated carbocycles. The van der Waals surface area contributed by atoms with Gasteiger partial charge < -0.3 is 5.32 Å². The molecule has 3 aromatic rings. The minimum atomic E-state index is -3.83. The molecule has 142 valence electrons. The minimum absolute atomic E-state index is 0.0181. The average Bonchev–Trinajstić information content (AvgIpc) is 2.68.